The van der Waals surface area contributed by atoms with E-state index in [2.05, 4.69) is 14.6 Å². The van der Waals surface area contributed by atoms with E-state index in [0.29, 0.717) is 22.1 Å². The molecule has 2 aromatic heterocycles. The number of benzene rings is 1. The molecule has 2 aliphatic heterocycles. The second kappa shape index (κ2) is 10.1. The lowest BCUT2D eigenvalue weighted by Gasteiger charge is -2.30. The number of sulfonamides is 1. The van der Waals surface area contributed by atoms with Crippen LogP contribution >= 0.6 is 22.9 Å². The summed E-state index contributed by atoms with van der Waals surface area (Å²) >= 11 is 7.20. The van der Waals surface area contributed by atoms with Crippen LogP contribution < -0.4 is 9.62 Å². The summed E-state index contributed by atoms with van der Waals surface area (Å²) in [5.41, 5.74) is 1.24. The SMILES string of the molecule is C/C(=C\S(=O)(=O)NC1CCN(c2ccc(-n3ccnc3CN3CCC3)cc2F)C1=O)c1ccc(Cl)s1. The van der Waals surface area contributed by atoms with Gasteiger partial charge in [0.1, 0.15) is 17.7 Å². The van der Waals surface area contributed by atoms with Gasteiger partial charge in [-0.2, -0.15) is 4.72 Å². The van der Waals surface area contributed by atoms with E-state index >= 15 is 4.39 Å². The van der Waals surface area contributed by atoms with Crippen molar-refractivity contribution in [3.05, 3.63) is 69.0 Å². The number of thiophene rings is 1. The van der Waals surface area contributed by atoms with Gasteiger partial charge in [-0.25, -0.2) is 17.8 Å². The van der Waals surface area contributed by atoms with E-state index in [1.165, 1.54) is 28.7 Å². The Bertz CT molecular complexity index is 1430. The lowest BCUT2D eigenvalue weighted by molar-refractivity contribution is -0.118. The first-order valence-corrected chi connectivity index (χ1v) is 14.3. The summed E-state index contributed by atoms with van der Waals surface area (Å²) in [6.07, 6.45) is 4.88. The zero-order chi connectivity index (χ0) is 25.4. The van der Waals surface area contributed by atoms with Crippen molar-refractivity contribution in [1.82, 2.24) is 19.2 Å². The van der Waals surface area contributed by atoms with Gasteiger partial charge in [0, 0.05) is 35.6 Å². The minimum absolute atomic E-state index is 0.120. The summed E-state index contributed by atoms with van der Waals surface area (Å²) in [4.78, 5) is 21.7. The minimum atomic E-state index is -3.90. The first kappa shape index (κ1) is 25.1. The summed E-state index contributed by atoms with van der Waals surface area (Å²) in [5.74, 6) is -0.225. The number of likely N-dealkylation sites (tertiary alicyclic amines) is 1. The summed E-state index contributed by atoms with van der Waals surface area (Å²) in [7, 11) is -3.90. The Morgan fingerprint density at radius 1 is 1.28 bits per heavy atom. The van der Waals surface area contributed by atoms with Gasteiger partial charge in [0.25, 0.3) is 0 Å². The molecule has 8 nitrogen and oxygen atoms in total. The average Bonchev–Trinajstić information content (AvgIpc) is 3.52. The Kier molecular flexibility index (Phi) is 7.01. The first-order chi connectivity index (χ1) is 17.2. The Morgan fingerprint density at radius 2 is 2.08 bits per heavy atom. The van der Waals surface area contributed by atoms with Crippen LogP contribution in [0.1, 0.15) is 30.5 Å². The molecule has 5 rings (SSSR count). The van der Waals surface area contributed by atoms with Crippen LogP contribution in [0.15, 0.2) is 48.1 Å². The Labute approximate surface area is 218 Å². The van der Waals surface area contributed by atoms with Gasteiger partial charge in [0.15, 0.2) is 0 Å². The molecule has 4 heterocycles. The molecule has 0 aliphatic carbocycles. The molecule has 190 valence electrons. The summed E-state index contributed by atoms with van der Waals surface area (Å²) in [5, 5.41) is 1.09. The molecule has 1 N–H and O–H groups in total. The zero-order valence-electron chi connectivity index (χ0n) is 19.5. The van der Waals surface area contributed by atoms with Gasteiger partial charge in [-0.05, 0) is 62.7 Å². The number of imidazole rings is 1. The number of allylic oxidation sites excluding steroid dienone is 1. The smallest absolute Gasteiger partial charge is 0.245 e. The van der Waals surface area contributed by atoms with E-state index in [-0.39, 0.29) is 18.7 Å². The molecule has 0 radical (unpaired) electrons. The second-order valence-electron chi connectivity index (χ2n) is 8.88. The molecule has 12 heteroatoms. The van der Waals surface area contributed by atoms with E-state index in [1.807, 2.05) is 4.57 Å². The van der Waals surface area contributed by atoms with Crippen LogP contribution in [0.3, 0.4) is 0 Å². The number of anilines is 1. The second-order valence-corrected chi connectivity index (χ2v) is 12.2. The van der Waals surface area contributed by atoms with E-state index in [9.17, 15) is 13.2 Å². The first-order valence-electron chi connectivity index (χ1n) is 11.5. The number of aromatic nitrogens is 2. The van der Waals surface area contributed by atoms with E-state index in [0.717, 1.165) is 29.2 Å². The predicted octanol–water partition coefficient (Wildman–Crippen LogP) is 4.02. The maximum absolute atomic E-state index is 15.2. The number of nitrogens with one attached hydrogen (secondary N) is 1. The fourth-order valence-corrected chi connectivity index (χ4v) is 6.73. The highest BCUT2D eigenvalue weighted by Crippen LogP contribution is 2.29. The van der Waals surface area contributed by atoms with Gasteiger partial charge in [-0.15, -0.1) is 11.3 Å². The third-order valence-corrected chi connectivity index (χ3v) is 8.98. The molecule has 36 heavy (non-hydrogen) atoms. The van der Waals surface area contributed by atoms with Crippen molar-refractivity contribution in [1.29, 1.82) is 0 Å². The molecular formula is C24H25ClFN5O3S2. The third-order valence-electron chi connectivity index (χ3n) is 6.34. The molecule has 0 bridgehead atoms. The predicted molar refractivity (Wildman–Crippen MR) is 139 cm³/mol. The average molecular weight is 550 g/mol. The molecule has 2 saturated heterocycles. The third kappa shape index (κ3) is 5.25. The number of rotatable bonds is 8. The van der Waals surface area contributed by atoms with Crippen molar-refractivity contribution in [3.63, 3.8) is 0 Å². The highest BCUT2D eigenvalue weighted by Gasteiger charge is 2.36. The molecule has 1 aromatic carbocycles. The largest absolute Gasteiger partial charge is 0.308 e. The van der Waals surface area contributed by atoms with E-state index < -0.39 is 27.8 Å². The fraction of sp³-hybridized carbons (Fsp3) is 0.333. The standard InChI is InChI=1S/C24H25ClFN5O3S2/c1-16(21-5-6-22(25)35-21)15-36(33,34)28-19-7-11-31(24(19)32)20-4-3-17(13-18(20)26)30-12-8-27-23(30)14-29-9-2-10-29/h3-6,8,12-13,15,19,28H,2,7,9-11,14H2,1H3/b16-15+. The topological polar surface area (TPSA) is 87.5 Å². The van der Waals surface area contributed by atoms with Crippen LogP contribution in [0.25, 0.3) is 11.3 Å². The highest BCUT2D eigenvalue weighted by molar-refractivity contribution is 7.92. The lowest BCUT2D eigenvalue weighted by Crippen LogP contribution is -2.41. The molecule has 0 saturated carbocycles. The van der Waals surface area contributed by atoms with Crippen LogP contribution in [0.5, 0.6) is 0 Å². The number of carbonyl (C=O) groups excluding carboxylic acids is 1. The Hall–Kier alpha value is -2.57. The summed E-state index contributed by atoms with van der Waals surface area (Å²) < 4.78 is 45.3. The molecule has 1 atom stereocenters. The summed E-state index contributed by atoms with van der Waals surface area (Å²) in [6.45, 7) is 4.61. The number of hydrogen-bond donors (Lipinski definition) is 1. The van der Waals surface area contributed by atoms with E-state index in [4.69, 9.17) is 11.6 Å². The van der Waals surface area contributed by atoms with Gasteiger partial charge < -0.3 is 9.47 Å². The molecule has 1 unspecified atom stereocenters. The zero-order valence-corrected chi connectivity index (χ0v) is 21.9. The van der Waals surface area contributed by atoms with Gasteiger partial charge in [-0.1, -0.05) is 11.6 Å². The molecule has 2 fully saturated rings. The summed E-state index contributed by atoms with van der Waals surface area (Å²) in [6, 6.07) is 7.12. The van der Waals surface area contributed by atoms with Crippen LogP contribution in [0.4, 0.5) is 10.1 Å². The number of halogens is 2. The van der Waals surface area contributed by atoms with Crippen LogP contribution in [-0.4, -0.2) is 54.5 Å². The van der Waals surface area contributed by atoms with Crippen molar-refractivity contribution in [2.45, 2.75) is 32.4 Å². The quantitative estimate of drug-likeness (QED) is 0.458. The number of carbonyl (C=O) groups is 1. The van der Waals surface area contributed by atoms with Crippen molar-refractivity contribution >= 4 is 50.1 Å². The van der Waals surface area contributed by atoms with Gasteiger partial charge in [0.2, 0.25) is 15.9 Å². The minimum Gasteiger partial charge on any atom is -0.308 e. The highest BCUT2D eigenvalue weighted by atomic mass is 35.5. The lowest BCUT2D eigenvalue weighted by atomic mass is 10.2. The van der Waals surface area contributed by atoms with Crippen molar-refractivity contribution in [3.8, 4) is 5.69 Å². The maximum Gasteiger partial charge on any atom is 0.245 e. The van der Waals surface area contributed by atoms with Gasteiger partial charge in [-0.3, -0.25) is 9.69 Å². The molecule has 2 aliphatic rings. The van der Waals surface area contributed by atoms with Gasteiger partial charge >= 0.3 is 0 Å². The Morgan fingerprint density at radius 3 is 2.75 bits per heavy atom. The monoisotopic (exact) mass is 549 g/mol. The fourth-order valence-electron chi connectivity index (χ4n) is 4.37. The molecule has 0 spiro atoms. The molecular weight excluding hydrogens is 525 g/mol. The van der Waals surface area contributed by atoms with Crippen LogP contribution in [-0.2, 0) is 21.4 Å². The van der Waals surface area contributed by atoms with Crippen LogP contribution in [0, 0.1) is 5.82 Å². The number of nitrogens with zero attached hydrogens (tertiary/aromatic N) is 4. The Balaban J connectivity index is 1.29. The van der Waals surface area contributed by atoms with Crippen molar-refractivity contribution in [2.24, 2.45) is 0 Å². The van der Waals surface area contributed by atoms with Gasteiger partial charge in [0.05, 0.1) is 22.0 Å². The van der Waals surface area contributed by atoms with E-state index in [1.54, 1.807) is 43.6 Å². The number of hydrogen-bond acceptors (Lipinski definition) is 6. The van der Waals surface area contributed by atoms with Crippen molar-refractivity contribution in [2.75, 3.05) is 24.5 Å². The normalized spacial score (nSPS) is 19.2. The number of amides is 1. The van der Waals surface area contributed by atoms with Crippen molar-refractivity contribution < 1.29 is 17.6 Å². The maximum atomic E-state index is 15.2. The van der Waals surface area contributed by atoms with Crippen LogP contribution in [0.2, 0.25) is 4.34 Å². The molecule has 1 amide bonds. The molecule has 3 aromatic rings.